The summed E-state index contributed by atoms with van der Waals surface area (Å²) < 4.78 is 0.643. The van der Waals surface area contributed by atoms with Crippen LogP contribution in [0.15, 0.2) is 35.1 Å². The van der Waals surface area contributed by atoms with Crippen LogP contribution in [0, 0.1) is 0 Å². The van der Waals surface area contributed by atoms with Gasteiger partial charge in [-0.25, -0.2) is 4.98 Å². The van der Waals surface area contributed by atoms with Crippen LogP contribution in [0.4, 0.5) is 0 Å². The highest BCUT2D eigenvalue weighted by atomic mass is 35.5. The average molecular weight is 472 g/mol. The molecule has 2 saturated heterocycles. The van der Waals surface area contributed by atoms with Gasteiger partial charge in [-0.05, 0) is 36.6 Å². The zero-order valence-corrected chi connectivity index (χ0v) is 19.4. The van der Waals surface area contributed by atoms with E-state index in [-0.39, 0.29) is 11.5 Å². The molecule has 0 saturated carbocycles. The molecule has 0 aliphatic carbocycles. The highest BCUT2D eigenvalue weighted by molar-refractivity contribution is 7.22. The van der Waals surface area contributed by atoms with Gasteiger partial charge >= 0.3 is 0 Å². The van der Waals surface area contributed by atoms with Crippen molar-refractivity contribution in [2.24, 2.45) is 0 Å². The van der Waals surface area contributed by atoms with E-state index >= 15 is 0 Å². The van der Waals surface area contributed by atoms with Gasteiger partial charge in [0.05, 0.1) is 18.6 Å². The highest BCUT2D eigenvalue weighted by Crippen LogP contribution is 2.31. The number of H-pyrrole nitrogens is 1. The Kier molecular flexibility index (Phi) is 6.28. The lowest BCUT2D eigenvalue weighted by molar-refractivity contribution is -0.131. The molecule has 4 heterocycles. The van der Waals surface area contributed by atoms with Crippen molar-refractivity contribution in [1.29, 1.82) is 0 Å². The lowest BCUT2D eigenvalue weighted by atomic mass is 10.2. The van der Waals surface area contributed by atoms with E-state index in [0.29, 0.717) is 28.6 Å². The van der Waals surface area contributed by atoms with Gasteiger partial charge in [0.1, 0.15) is 10.5 Å². The summed E-state index contributed by atoms with van der Waals surface area (Å²) in [6, 6.07) is 9.58. The normalized spacial score (nSPS) is 18.0. The number of nitrogens with zero attached hydrogens (tertiary/aromatic N) is 4. The maximum Gasteiger partial charge on any atom is 0.268 e. The summed E-state index contributed by atoms with van der Waals surface area (Å²) in [5.74, 6) is 0.936. The van der Waals surface area contributed by atoms with Gasteiger partial charge in [-0.15, -0.1) is 11.3 Å². The van der Waals surface area contributed by atoms with Crippen LogP contribution in [0.25, 0.3) is 20.7 Å². The smallest absolute Gasteiger partial charge is 0.268 e. The second-order valence-corrected chi connectivity index (χ2v) is 9.97. The number of likely N-dealkylation sites (tertiary alicyclic amines) is 1. The Bertz CT molecular complexity index is 1160. The number of carbonyl (C=O) groups excluding carboxylic acids is 1. The molecule has 0 bridgehead atoms. The Morgan fingerprint density at radius 2 is 1.72 bits per heavy atom. The number of hydrogen-bond donors (Lipinski definition) is 1. The minimum Gasteiger partial charge on any atom is -0.342 e. The van der Waals surface area contributed by atoms with E-state index in [1.54, 1.807) is 0 Å². The molecule has 0 unspecified atom stereocenters. The van der Waals surface area contributed by atoms with Crippen molar-refractivity contribution in [3.05, 3.63) is 51.5 Å². The first-order valence-electron chi connectivity index (χ1n) is 11.1. The first kappa shape index (κ1) is 21.6. The minimum atomic E-state index is -0.0925. The van der Waals surface area contributed by atoms with Gasteiger partial charge < -0.3 is 9.88 Å². The standard InChI is InChI=1S/C23H26ClN5O2S/c24-17-5-3-16(4-6-17)19-13-18-22(32-19)23(31)26-20(25-18)14-27-9-11-28(12-10-27)15-21(30)29-7-1-2-8-29/h3-6,13H,1-2,7-12,14-15H2,(H,25,26,31). The largest absolute Gasteiger partial charge is 0.342 e. The van der Waals surface area contributed by atoms with Gasteiger partial charge in [-0.1, -0.05) is 23.7 Å². The first-order valence-corrected chi connectivity index (χ1v) is 12.3. The van der Waals surface area contributed by atoms with Crippen LogP contribution in [0.5, 0.6) is 0 Å². The summed E-state index contributed by atoms with van der Waals surface area (Å²) in [7, 11) is 0. The van der Waals surface area contributed by atoms with Crippen LogP contribution in [-0.2, 0) is 11.3 Å². The van der Waals surface area contributed by atoms with Gasteiger partial charge in [-0.3, -0.25) is 19.4 Å². The van der Waals surface area contributed by atoms with E-state index < -0.39 is 0 Å². The molecule has 1 amide bonds. The summed E-state index contributed by atoms with van der Waals surface area (Å²) in [4.78, 5) is 40.2. The number of rotatable bonds is 5. The maximum absolute atomic E-state index is 12.7. The van der Waals surface area contributed by atoms with Gasteiger partial charge in [-0.2, -0.15) is 0 Å². The number of fused-ring (bicyclic) bond motifs is 1. The van der Waals surface area contributed by atoms with Crippen molar-refractivity contribution in [3.63, 3.8) is 0 Å². The number of aromatic amines is 1. The Hall–Kier alpha value is -2.26. The van der Waals surface area contributed by atoms with E-state index in [9.17, 15) is 9.59 Å². The van der Waals surface area contributed by atoms with Crippen LogP contribution >= 0.6 is 22.9 Å². The number of nitrogens with one attached hydrogen (secondary N) is 1. The third kappa shape index (κ3) is 4.73. The molecule has 0 spiro atoms. The van der Waals surface area contributed by atoms with E-state index in [4.69, 9.17) is 16.6 Å². The van der Waals surface area contributed by atoms with E-state index in [0.717, 1.165) is 68.1 Å². The molecular formula is C23H26ClN5O2S. The van der Waals surface area contributed by atoms with Crippen molar-refractivity contribution in [2.75, 3.05) is 45.8 Å². The monoisotopic (exact) mass is 471 g/mol. The molecule has 9 heteroatoms. The van der Waals surface area contributed by atoms with Gasteiger partial charge in [0.25, 0.3) is 5.56 Å². The maximum atomic E-state index is 12.7. The molecule has 1 aromatic carbocycles. The summed E-state index contributed by atoms with van der Waals surface area (Å²) in [5, 5.41) is 0.689. The summed E-state index contributed by atoms with van der Waals surface area (Å²) in [6.07, 6.45) is 2.25. The van der Waals surface area contributed by atoms with E-state index in [1.807, 2.05) is 35.2 Å². The fourth-order valence-electron chi connectivity index (χ4n) is 4.39. The zero-order valence-electron chi connectivity index (χ0n) is 17.8. The second-order valence-electron chi connectivity index (χ2n) is 8.48. The number of amides is 1. The van der Waals surface area contributed by atoms with E-state index in [1.165, 1.54) is 11.3 Å². The van der Waals surface area contributed by atoms with Gasteiger partial charge in [0.15, 0.2) is 0 Å². The number of thiophene rings is 1. The summed E-state index contributed by atoms with van der Waals surface area (Å²) >= 11 is 7.44. The topological polar surface area (TPSA) is 72.5 Å². The predicted octanol–water partition coefficient (Wildman–Crippen LogP) is 3.05. The van der Waals surface area contributed by atoms with Crippen molar-refractivity contribution < 1.29 is 4.79 Å². The minimum absolute atomic E-state index is 0.0925. The van der Waals surface area contributed by atoms with Crippen LogP contribution in [-0.4, -0.2) is 76.4 Å². The number of halogens is 1. The Labute approximate surface area is 195 Å². The third-order valence-corrected chi connectivity index (χ3v) is 7.64. The molecule has 32 heavy (non-hydrogen) atoms. The lowest BCUT2D eigenvalue weighted by Crippen LogP contribution is -2.49. The van der Waals surface area contributed by atoms with Crippen LogP contribution < -0.4 is 5.56 Å². The molecule has 2 aliphatic heterocycles. The average Bonchev–Trinajstić information content (AvgIpc) is 3.46. The molecular weight excluding hydrogens is 446 g/mol. The highest BCUT2D eigenvalue weighted by Gasteiger charge is 2.24. The molecule has 168 valence electrons. The Morgan fingerprint density at radius 1 is 1.03 bits per heavy atom. The van der Waals surface area contributed by atoms with Crippen molar-refractivity contribution in [2.45, 2.75) is 19.4 Å². The van der Waals surface area contributed by atoms with E-state index in [2.05, 4.69) is 14.8 Å². The molecule has 2 aliphatic rings. The predicted molar refractivity (Wildman–Crippen MR) is 128 cm³/mol. The molecule has 2 aromatic heterocycles. The van der Waals surface area contributed by atoms with Crippen molar-refractivity contribution >= 4 is 39.1 Å². The van der Waals surface area contributed by atoms with Crippen LogP contribution in [0.2, 0.25) is 5.02 Å². The number of carbonyl (C=O) groups is 1. The van der Waals surface area contributed by atoms with Crippen LogP contribution in [0.3, 0.4) is 0 Å². The van der Waals surface area contributed by atoms with Crippen molar-refractivity contribution in [1.82, 2.24) is 24.7 Å². The molecule has 3 aromatic rings. The second kappa shape index (κ2) is 9.31. The number of benzene rings is 1. The first-order chi connectivity index (χ1) is 15.5. The molecule has 2 fully saturated rings. The zero-order chi connectivity index (χ0) is 22.1. The number of hydrogen-bond acceptors (Lipinski definition) is 6. The summed E-state index contributed by atoms with van der Waals surface area (Å²) in [6.45, 7) is 6.34. The van der Waals surface area contributed by atoms with Crippen LogP contribution in [0.1, 0.15) is 18.7 Å². The number of piperazine rings is 1. The quantitative estimate of drug-likeness (QED) is 0.619. The van der Waals surface area contributed by atoms with Crippen molar-refractivity contribution in [3.8, 4) is 10.4 Å². The SMILES string of the molecule is O=C(CN1CCN(Cc2nc3cc(-c4ccc(Cl)cc4)sc3c(=O)[nH]2)CC1)N1CCCC1. The van der Waals surface area contributed by atoms with Gasteiger partial charge in [0, 0.05) is 49.2 Å². The van der Waals surface area contributed by atoms with Gasteiger partial charge in [0.2, 0.25) is 5.91 Å². The number of aromatic nitrogens is 2. The summed E-state index contributed by atoms with van der Waals surface area (Å²) in [5.41, 5.74) is 1.66. The fraction of sp³-hybridized carbons (Fsp3) is 0.435. The fourth-order valence-corrected chi connectivity index (χ4v) is 5.52. The molecule has 7 nitrogen and oxygen atoms in total. The molecule has 0 radical (unpaired) electrons. The molecule has 5 rings (SSSR count). The molecule has 1 N–H and O–H groups in total. The molecule has 0 atom stereocenters. The third-order valence-electron chi connectivity index (χ3n) is 6.22. The Morgan fingerprint density at radius 3 is 2.44 bits per heavy atom. The Balaban J connectivity index is 1.22. The lowest BCUT2D eigenvalue weighted by Gasteiger charge is -2.34.